The second-order valence-electron chi connectivity index (χ2n) is 5.07. The van der Waals surface area contributed by atoms with Crippen LogP contribution in [-0.2, 0) is 4.79 Å². The highest BCUT2D eigenvalue weighted by Crippen LogP contribution is 2.19. The lowest BCUT2D eigenvalue weighted by Crippen LogP contribution is -2.11. The summed E-state index contributed by atoms with van der Waals surface area (Å²) in [5, 5.41) is 11.0. The molecule has 0 aliphatic rings. The Kier molecular flexibility index (Phi) is 4.50. The summed E-state index contributed by atoms with van der Waals surface area (Å²) in [6.07, 6.45) is 3.14. The highest BCUT2D eigenvalue weighted by molar-refractivity contribution is 5.90. The first-order valence-corrected chi connectivity index (χ1v) is 6.92. The molecule has 0 bridgehead atoms. The van der Waals surface area contributed by atoms with Gasteiger partial charge in [0.1, 0.15) is 0 Å². The molecule has 5 heteroatoms. The van der Waals surface area contributed by atoms with E-state index in [0.29, 0.717) is 12.3 Å². The van der Waals surface area contributed by atoms with E-state index >= 15 is 0 Å². The van der Waals surface area contributed by atoms with Gasteiger partial charge in [0.15, 0.2) is 0 Å². The highest BCUT2D eigenvalue weighted by Gasteiger charge is 2.10. The zero-order valence-corrected chi connectivity index (χ0v) is 12.1. The summed E-state index contributed by atoms with van der Waals surface area (Å²) >= 11 is 0. The molecule has 0 saturated carbocycles. The first-order valence-electron chi connectivity index (χ1n) is 6.92. The first kappa shape index (κ1) is 14.2. The average molecular weight is 272 g/mol. The van der Waals surface area contributed by atoms with Crippen LogP contribution in [0.2, 0.25) is 0 Å². The minimum absolute atomic E-state index is 0.0346. The average Bonchev–Trinajstić information content (AvgIpc) is 2.88. The predicted octanol–water partition coefficient (Wildman–Crippen LogP) is 3.13. The van der Waals surface area contributed by atoms with Gasteiger partial charge < -0.3 is 5.32 Å². The third-order valence-corrected chi connectivity index (χ3v) is 3.02. The molecule has 0 aliphatic carbocycles. The molecule has 1 aromatic carbocycles. The van der Waals surface area contributed by atoms with Crippen LogP contribution in [0.1, 0.15) is 45.2 Å². The van der Waals surface area contributed by atoms with Crippen molar-refractivity contribution in [2.75, 3.05) is 5.32 Å². The van der Waals surface area contributed by atoms with Crippen molar-refractivity contribution in [3.05, 3.63) is 36.2 Å². The van der Waals surface area contributed by atoms with Crippen LogP contribution in [0.3, 0.4) is 0 Å². The minimum atomic E-state index is 0.0346. The molecule has 2 rings (SSSR count). The number of carbonyl (C=O) groups excluding carboxylic acids is 1. The Labute approximate surface area is 119 Å². The fourth-order valence-electron chi connectivity index (χ4n) is 2.00. The van der Waals surface area contributed by atoms with E-state index < -0.39 is 0 Å². The van der Waals surface area contributed by atoms with Crippen LogP contribution in [0.15, 0.2) is 30.5 Å². The summed E-state index contributed by atoms with van der Waals surface area (Å²) in [5.74, 6) is 0.371. The van der Waals surface area contributed by atoms with Gasteiger partial charge in [-0.05, 0) is 30.5 Å². The Bertz CT molecular complexity index is 589. The van der Waals surface area contributed by atoms with Gasteiger partial charge in [0, 0.05) is 12.1 Å². The summed E-state index contributed by atoms with van der Waals surface area (Å²) in [6, 6.07) is 7.65. The van der Waals surface area contributed by atoms with Crippen LogP contribution in [0.4, 0.5) is 5.69 Å². The molecule has 0 unspecified atom stereocenters. The Morgan fingerprint density at radius 2 is 2.20 bits per heavy atom. The van der Waals surface area contributed by atoms with Gasteiger partial charge in [0.2, 0.25) is 5.91 Å². The lowest BCUT2D eigenvalue weighted by molar-refractivity contribution is -0.116. The monoisotopic (exact) mass is 272 g/mol. The molecule has 1 N–H and O–H groups in total. The van der Waals surface area contributed by atoms with Gasteiger partial charge in [-0.25, -0.2) is 4.68 Å². The number of nitrogens with zero attached hydrogens (tertiary/aromatic N) is 3. The molecule has 1 aromatic heterocycles. The largest absolute Gasteiger partial charge is 0.326 e. The summed E-state index contributed by atoms with van der Waals surface area (Å²) in [7, 11) is 0. The SMILES string of the molecule is CCCC(=O)Nc1cccc(-n2nncc2C(C)C)c1. The predicted molar refractivity (Wildman–Crippen MR) is 79.0 cm³/mol. The Balaban J connectivity index is 2.25. The Morgan fingerprint density at radius 1 is 1.40 bits per heavy atom. The fraction of sp³-hybridized carbons (Fsp3) is 0.400. The highest BCUT2D eigenvalue weighted by atomic mass is 16.1. The molecule has 0 spiro atoms. The minimum Gasteiger partial charge on any atom is -0.326 e. The van der Waals surface area contributed by atoms with Crippen molar-refractivity contribution in [3.8, 4) is 5.69 Å². The number of hydrogen-bond acceptors (Lipinski definition) is 3. The van der Waals surface area contributed by atoms with Crippen LogP contribution < -0.4 is 5.32 Å². The van der Waals surface area contributed by atoms with Crippen LogP contribution in [-0.4, -0.2) is 20.9 Å². The van der Waals surface area contributed by atoms with Gasteiger partial charge in [0.05, 0.1) is 17.6 Å². The summed E-state index contributed by atoms with van der Waals surface area (Å²) < 4.78 is 1.81. The molecular formula is C15H20N4O. The fourth-order valence-corrected chi connectivity index (χ4v) is 2.00. The molecule has 1 amide bonds. The quantitative estimate of drug-likeness (QED) is 0.909. The lowest BCUT2D eigenvalue weighted by Gasteiger charge is -2.10. The normalized spacial score (nSPS) is 10.8. The van der Waals surface area contributed by atoms with Gasteiger partial charge in [-0.15, -0.1) is 5.10 Å². The van der Waals surface area contributed by atoms with Crippen LogP contribution >= 0.6 is 0 Å². The topological polar surface area (TPSA) is 59.8 Å². The number of benzene rings is 1. The van der Waals surface area contributed by atoms with E-state index in [9.17, 15) is 4.79 Å². The smallest absolute Gasteiger partial charge is 0.224 e. The molecular weight excluding hydrogens is 252 g/mol. The van der Waals surface area contributed by atoms with Crippen molar-refractivity contribution in [2.45, 2.75) is 39.5 Å². The van der Waals surface area contributed by atoms with Gasteiger partial charge in [0.25, 0.3) is 0 Å². The van der Waals surface area contributed by atoms with Gasteiger partial charge in [-0.2, -0.15) is 0 Å². The Hall–Kier alpha value is -2.17. The van der Waals surface area contributed by atoms with E-state index in [4.69, 9.17) is 0 Å². The molecule has 20 heavy (non-hydrogen) atoms. The van der Waals surface area contributed by atoms with Gasteiger partial charge in [-0.1, -0.05) is 32.1 Å². The van der Waals surface area contributed by atoms with Crippen LogP contribution in [0.5, 0.6) is 0 Å². The van der Waals surface area contributed by atoms with Gasteiger partial charge >= 0.3 is 0 Å². The molecule has 0 atom stereocenters. The standard InChI is InChI=1S/C15H20N4O/c1-4-6-15(20)17-12-7-5-8-13(9-12)19-14(11(2)3)10-16-18-19/h5,7-11H,4,6H2,1-3H3,(H,17,20). The van der Waals surface area contributed by atoms with Crippen molar-refractivity contribution < 1.29 is 4.79 Å². The summed E-state index contributed by atoms with van der Waals surface area (Å²) in [6.45, 7) is 6.18. The molecule has 0 radical (unpaired) electrons. The number of nitrogens with one attached hydrogen (secondary N) is 1. The zero-order valence-electron chi connectivity index (χ0n) is 12.1. The summed E-state index contributed by atoms with van der Waals surface area (Å²) in [4.78, 5) is 11.6. The van der Waals surface area contributed by atoms with Crippen molar-refractivity contribution in [3.63, 3.8) is 0 Å². The molecule has 1 heterocycles. The number of hydrogen-bond donors (Lipinski definition) is 1. The number of anilines is 1. The van der Waals surface area contributed by atoms with E-state index in [2.05, 4.69) is 29.5 Å². The van der Waals surface area contributed by atoms with Crippen molar-refractivity contribution in [1.82, 2.24) is 15.0 Å². The first-order chi connectivity index (χ1) is 9.61. The van der Waals surface area contributed by atoms with E-state index in [1.54, 1.807) is 10.9 Å². The lowest BCUT2D eigenvalue weighted by atomic mass is 10.1. The second-order valence-corrected chi connectivity index (χ2v) is 5.07. The van der Waals surface area contributed by atoms with E-state index in [0.717, 1.165) is 23.5 Å². The maximum Gasteiger partial charge on any atom is 0.224 e. The van der Waals surface area contributed by atoms with E-state index in [1.165, 1.54) is 0 Å². The van der Waals surface area contributed by atoms with E-state index in [-0.39, 0.29) is 5.91 Å². The Morgan fingerprint density at radius 3 is 2.90 bits per heavy atom. The summed E-state index contributed by atoms with van der Waals surface area (Å²) in [5.41, 5.74) is 2.73. The number of rotatable bonds is 5. The van der Waals surface area contributed by atoms with Crippen molar-refractivity contribution in [2.24, 2.45) is 0 Å². The van der Waals surface area contributed by atoms with Gasteiger partial charge in [-0.3, -0.25) is 4.79 Å². The second kappa shape index (κ2) is 6.32. The third-order valence-electron chi connectivity index (χ3n) is 3.02. The maximum absolute atomic E-state index is 11.6. The third kappa shape index (κ3) is 3.23. The number of amides is 1. The molecule has 106 valence electrons. The van der Waals surface area contributed by atoms with Crippen LogP contribution in [0.25, 0.3) is 5.69 Å². The van der Waals surface area contributed by atoms with Crippen molar-refractivity contribution in [1.29, 1.82) is 0 Å². The molecule has 2 aromatic rings. The molecule has 0 aliphatic heterocycles. The van der Waals surface area contributed by atoms with Crippen LogP contribution in [0, 0.1) is 0 Å². The number of aromatic nitrogens is 3. The molecule has 0 fully saturated rings. The van der Waals surface area contributed by atoms with Crippen molar-refractivity contribution >= 4 is 11.6 Å². The molecule has 0 saturated heterocycles. The van der Waals surface area contributed by atoms with E-state index in [1.807, 2.05) is 31.2 Å². The molecule has 5 nitrogen and oxygen atoms in total. The maximum atomic E-state index is 11.6. The number of carbonyl (C=O) groups is 1. The zero-order chi connectivity index (χ0) is 14.5.